The number of carbonyl (C=O) groups is 1. The Hall–Kier alpha value is -2.65. The Morgan fingerprint density at radius 1 is 0.833 bits per heavy atom. The highest BCUT2D eigenvalue weighted by molar-refractivity contribution is 7.90. The molecule has 0 spiro atoms. The summed E-state index contributed by atoms with van der Waals surface area (Å²) in [6.45, 7) is 0. The highest BCUT2D eigenvalue weighted by Gasteiger charge is 2.18. The number of rotatable bonds is 5. The van der Waals surface area contributed by atoms with Crippen molar-refractivity contribution >= 4 is 67.8 Å². The van der Waals surface area contributed by atoms with E-state index in [1.807, 2.05) is 4.72 Å². The van der Waals surface area contributed by atoms with Gasteiger partial charge in [-0.05, 0) is 60.7 Å². The van der Waals surface area contributed by atoms with Gasteiger partial charge in [-0.3, -0.25) is 4.79 Å². The lowest BCUT2D eigenvalue weighted by Crippen LogP contribution is -2.30. The maximum absolute atomic E-state index is 12.4. The largest absolute Gasteiger partial charge is 0.332 e. The van der Waals surface area contributed by atoms with E-state index in [1.165, 1.54) is 36.4 Å². The molecule has 0 aromatic heterocycles. The Bertz CT molecular complexity index is 1190. The summed E-state index contributed by atoms with van der Waals surface area (Å²) in [7, 11) is -4.02. The predicted molar refractivity (Wildman–Crippen MR) is 124 cm³/mol. The predicted octanol–water partition coefficient (Wildman–Crippen LogP) is 4.92. The lowest BCUT2D eigenvalue weighted by Gasteiger charge is -2.13. The Labute approximate surface area is 189 Å². The first-order valence-corrected chi connectivity index (χ1v) is 11.2. The molecule has 0 bridgehead atoms. The van der Waals surface area contributed by atoms with Crippen LogP contribution in [0.1, 0.15) is 10.4 Å². The van der Waals surface area contributed by atoms with Crippen LogP contribution in [0.2, 0.25) is 10.0 Å². The molecule has 1 amide bonds. The number of halogens is 2. The van der Waals surface area contributed by atoms with Gasteiger partial charge in [0, 0.05) is 11.3 Å². The van der Waals surface area contributed by atoms with Crippen molar-refractivity contribution in [3.05, 3.63) is 88.4 Å². The lowest BCUT2D eigenvalue weighted by molar-refractivity contribution is 0.0981. The van der Waals surface area contributed by atoms with Crippen molar-refractivity contribution in [3.63, 3.8) is 0 Å². The van der Waals surface area contributed by atoms with E-state index in [2.05, 4.69) is 10.6 Å². The molecule has 0 aliphatic rings. The average Bonchev–Trinajstić information content (AvgIpc) is 2.72. The van der Waals surface area contributed by atoms with E-state index in [0.29, 0.717) is 21.4 Å². The van der Waals surface area contributed by atoms with Crippen molar-refractivity contribution in [2.45, 2.75) is 4.90 Å². The summed E-state index contributed by atoms with van der Waals surface area (Å²) in [5.74, 6) is -0.707. The van der Waals surface area contributed by atoms with Gasteiger partial charge in [0.1, 0.15) is 0 Å². The summed E-state index contributed by atoms with van der Waals surface area (Å²) in [5.41, 5.74) is 1.32. The van der Waals surface area contributed by atoms with Crippen LogP contribution in [-0.4, -0.2) is 19.4 Å². The topological polar surface area (TPSA) is 87.3 Å². The Morgan fingerprint density at radius 3 is 2.17 bits per heavy atom. The minimum Gasteiger partial charge on any atom is -0.332 e. The van der Waals surface area contributed by atoms with Crippen molar-refractivity contribution < 1.29 is 13.2 Å². The fraction of sp³-hybridized carbons (Fsp3) is 0. The molecule has 3 aromatic carbocycles. The number of carbonyl (C=O) groups excluding carboxylic acids is 1. The maximum Gasteiger partial charge on any atom is 0.264 e. The van der Waals surface area contributed by atoms with Gasteiger partial charge in [0.15, 0.2) is 5.11 Å². The molecule has 6 nitrogen and oxygen atoms in total. The quantitative estimate of drug-likeness (QED) is 0.450. The molecule has 0 heterocycles. The first-order chi connectivity index (χ1) is 14.3. The summed E-state index contributed by atoms with van der Waals surface area (Å²) in [4.78, 5) is 12.1. The van der Waals surface area contributed by atoms with Gasteiger partial charge in [0.2, 0.25) is 0 Å². The number of sulfonamides is 1. The zero-order chi connectivity index (χ0) is 21.7. The molecule has 154 valence electrons. The highest BCUT2D eigenvalue weighted by Crippen LogP contribution is 2.29. The second kappa shape index (κ2) is 9.44. The van der Waals surface area contributed by atoms with Crippen molar-refractivity contribution in [1.29, 1.82) is 0 Å². The van der Waals surface area contributed by atoms with Crippen LogP contribution in [0.4, 0.5) is 11.4 Å². The number of benzene rings is 3. The fourth-order valence-corrected chi connectivity index (χ4v) is 3.98. The van der Waals surface area contributed by atoms with E-state index in [1.54, 1.807) is 36.4 Å². The summed E-state index contributed by atoms with van der Waals surface area (Å²) < 4.78 is 26.9. The van der Waals surface area contributed by atoms with Crippen LogP contribution in [0.15, 0.2) is 77.7 Å². The molecular formula is C20H15Cl2N3O3S2. The summed E-state index contributed by atoms with van der Waals surface area (Å²) in [5, 5.41) is 6.80. The van der Waals surface area contributed by atoms with Gasteiger partial charge >= 0.3 is 0 Å². The van der Waals surface area contributed by atoms with Gasteiger partial charge in [-0.2, -0.15) is 0 Å². The van der Waals surface area contributed by atoms with Crippen LogP contribution in [0.5, 0.6) is 0 Å². The van der Waals surface area contributed by atoms with Crippen LogP contribution in [-0.2, 0) is 10.0 Å². The Morgan fingerprint density at radius 2 is 1.50 bits per heavy atom. The molecule has 10 heteroatoms. The Kier molecular flexibility index (Phi) is 6.94. The third-order valence-corrected chi connectivity index (χ3v) is 6.26. The number of amides is 1. The molecule has 30 heavy (non-hydrogen) atoms. The third kappa shape index (κ3) is 5.48. The normalized spacial score (nSPS) is 10.9. The van der Waals surface area contributed by atoms with Gasteiger partial charge in [-0.1, -0.05) is 47.5 Å². The van der Waals surface area contributed by atoms with Crippen molar-refractivity contribution in [2.75, 3.05) is 10.6 Å². The van der Waals surface area contributed by atoms with Gasteiger partial charge in [-0.25, -0.2) is 13.1 Å². The smallest absolute Gasteiger partial charge is 0.264 e. The van der Waals surface area contributed by atoms with E-state index in [-0.39, 0.29) is 15.6 Å². The molecule has 3 aromatic rings. The van der Waals surface area contributed by atoms with Gasteiger partial charge < -0.3 is 10.6 Å². The number of anilines is 2. The summed E-state index contributed by atoms with van der Waals surface area (Å²) in [6, 6.07) is 18.9. The molecule has 0 fully saturated rings. The SMILES string of the molecule is O=C(NS(=O)(=O)c1ccc(NC(=S)Nc2cccc(Cl)c2Cl)cc1)c1ccccc1. The van der Waals surface area contributed by atoms with Gasteiger partial charge in [0.25, 0.3) is 15.9 Å². The van der Waals surface area contributed by atoms with Gasteiger partial charge in [-0.15, -0.1) is 0 Å². The zero-order valence-corrected chi connectivity index (χ0v) is 18.4. The van der Waals surface area contributed by atoms with E-state index < -0.39 is 15.9 Å². The number of nitrogens with one attached hydrogen (secondary N) is 3. The van der Waals surface area contributed by atoms with Crippen LogP contribution in [0.25, 0.3) is 0 Å². The molecule has 3 N–H and O–H groups in total. The van der Waals surface area contributed by atoms with E-state index in [0.717, 1.165) is 0 Å². The van der Waals surface area contributed by atoms with Gasteiger partial charge in [0.05, 0.1) is 20.6 Å². The van der Waals surface area contributed by atoms with Crippen molar-refractivity contribution in [3.8, 4) is 0 Å². The van der Waals surface area contributed by atoms with Crippen LogP contribution >= 0.6 is 35.4 Å². The number of hydrogen-bond donors (Lipinski definition) is 3. The number of thiocarbonyl (C=S) groups is 1. The minimum atomic E-state index is -4.02. The minimum absolute atomic E-state index is 0.0610. The van der Waals surface area contributed by atoms with E-state index in [9.17, 15) is 13.2 Å². The lowest BCUT2D eigenvalue weighted by atomic mass is 10.2. The van der Waals surface area contributed by atoms with E-state index in [4.69, 9.17) is 35.4 Å². The third-order valence-electron chi connectivity index (χ3n) is 3.89. The summed E-state index contributed by atoms with van der Waals surface area (Å²) in [6.07, 6.45) is 0. The van der Waals surface area contributed by atoms with E-state index >= 15 is 0 Å². The second-order valence-corrected chi connectivity index (χ2v) is 8.88. The highest BCUT2D eigenvalue weighted by atomic mass is 35.5. The molecular weight excluding hydrogens is 465 g/mol. The molecule has 0 aliphatic carbocycles. The molecule has 0 unspecified atom stereocenters. The molecule has 0 radical (unpaired) electrons. The average molecular weight is 480 g/mol. The van der Waals surface area contributed by atoms with Crippen molar-refractivity contribution in [1.82, 2.24) is 4.72 Å². The molecule has 3 rings (SSSR count). The molecule has 0 atom stereocenters. The number of hydrogen-bond acceptors (Lipinski definition) is 4. The first kappa shape index (κ1) is 22.0. The summed E-state index contributed by atoms with van der Waals surface area (Å²) >= 11 is 17.3. The first-order valence-electron chi connectivity index (χ1n) is 8.50. The fourth-order valence-electron chi connectivity index (χ4n) is 2.43. The van der Waals surface area contributed by atoms with Crippen LogP contribution < -0.4 is 15.4 Å². The monoisotopic (exact) mass is 479 g/mol. The molecule has 0 saturated heterocycles. The molecule has 0 saturated carbocycles. The van der Waals surface area contributed by atoms with Crippen molar-refractivity contribution in [2.24, 2.45) is 0 Å². The zero-order valence-electron chi connectivity index (χ0n) is 15.2. The Balaban J connectivity index is 1.66. The molecule has 0 aliphatic heterocycles. The van der Waals surface area contributed by atoms with Crippen LogP contribution in [0, 0.1) is 0 Å². The van der Waals surface area contributed by atoms with Crippen LogP contribution in [0.3, 0.4) is 0 Å². The second-order valence-electron chi connectivity index (χ2n) is 6.01. The maximum atomic E-state index is 12.4. The standard InChI is InChI=1S/C20H15Cl2N3O3S2/c21-16-7-4-8-17(18(16)22)24-20(29)23-14-9-11-15(12-10-14)30(27,28)25-19(26)13-5-2-1-3-6-13/h1-12H,(H,25,26)(H2,23,24,29).